The number of fused-ring (bicyclic) bond motifs is 3. The fourth-order valence-corrected chi connectivity index (χ4v) is 5.52. The summed E-state index contributed by atoms with van der Waals surface area (Å²) in [5.41, 5.74) is 2.24. The number of ether oxygens (including phenoxy) is 1. The number of halogens is 1. The van der Waals surface area contributed by atoms with E-state index in [1.807, 2.05) is 48.7 Å². The maximum Gasteiger partial charge on any atom is 0.412 e. The van der Waals surface area contributed by atoms with Gasteiger partial charge in [0.05, 0.1) is 16.8 Å². The lowest BCUT2D eigenvalue weighted by Crippen LogP contribution is -2.49. The van der Waals surface area contributed by atoms with Crippen LogP contribution in [-0.2, 0) is 21.7 Å². The van der Waals surface area contributed by atoms with E-state index in [0.717, 1.165) is 22.2 Å². The third kappa shape index (κ3) is 4.19. The standard InChI is InChI=1S/C27H29ClN4O4/c1-3-30(4-2)24(33)17-32-16-20(19-10-9-18(28)15-23(19)32)25(34)31-13-11-27(12-14-31)21-7-5-6-8-22(21)29-26(35)36-27/h5-10,15-16H,3-4,11-14,17H2,1-2H3,(H,29,35). The van der Waals surface area contributed by atoms with Gasteiger partial charge in [0.2, 0.25) is 5.91 Å². The summed E-state index contributed by atoms with van der Waals surface area (Å²) in [7, 11) is 0. The molecule has 0 atom stereocenters. The molecule has 0 unspecified atom stereocenters. The number of rotatable bonds is 5. The SMILES string of the molecule is CCN(CC)C(=O)Cn1cc(C(=O)N2CCC3(CC2)OC(=O)Nc2ccccc23)c2ccc(Cl)cc21. The molecule has 9 heteroatoms. The van der Waals surface area contributed by atoms with E-state index in [2.05, 4.69) is 5.32 Å². The molecule has 1 spiro atoms. The lowest BCUT2D eigenvalue weighted by Gasteiger charge is -2.44. The van der Waals surface area contributed by atoms with Gasteiger partial charge in [-0.25, -0.2) is 4.79 Å². The molecule has 3 aromatic rings. The lowest BCUT2D eigenvalue weighted by atomic mass is 9.82. The van der Waals surface area contributed by atoms with E-state index in [4.69, 9.17) is 16.3 Å². The van der Waals surface area contributed by atoms with Gasteiger partial charge in [-0.2, -0.15) is 0 Å². The molecule has 2 aliphatic rings. The molecule has 0 saturated carbocycles. The number of benzene rings is 2. The monoisotopic (exact) mass is 508 g/mol. The van der Waals surface area contributed by atoms with Crippen molar-refractivity contribution < 1.29 is 19.1 Å². The summed E-state index contributed by atoms with van der Waals surface area (Å²) in [6.45, 7) is 6.16. The predicted molar refractivity (Wildman–Crippen MR) is 138 cm³/mol. The predicted octanol–water partition coefficient (Wildman–Crippen LogP) is 4.86. The fourth-order valence-electron chi connectivity index (χ4n) is 5.36. The van der Waals surface area contributed by atoms with Gasteiger partial charge < -0.3 is 19.1 Å². The summed E-state index contributed by atoms with van der Waals surface area (Å²) >= 11 is 6.27. The van der Waals surface area contributed by atoms with Gasteiger partial charge in [-0.05, 0) is 32.0 Å². The molecule has 2 aliphatic heterocycles. The second-order valence-corrected chi connectivity index (χ2v) is 9.68. The van der Waals surface area contributed by atoms with Crippen LogP contribution < -0.4 is 5.32 Å². The molecule has 3 heterocycles. The van der Waals surface area contributed by atoms with E-state index in [-0.39, 0.29) is 18.4 Å². The van der Waals surface area contributed by atoms with Crippen molar-refractivity contribution in [2.75, 3.05) is 31.5 Å². The maximum absolute atomic E-state index is 13.7. The van der Waals surface area contributed by atoms with Gasteiger partial charge in [0.1, 0.15) is 12.1 Å². The molecular formula is C27H29ClN4O4. The molecule has 36 heavy (non-hydrogen) atoms. The second-order valence-electron chi connectivity index (χ2n) is 9.24. The van der Waals surface area contributed by atoms with E-state index >= 15 is 0 Å². The van der Waals surface area contributed by atoms with Crippen LogP contribution in [0.15, 0.2) is 48.7 Å². The Morgan fingerprint density at radius 1 is 1.11 bits per heavy atom. The van der Waals surface area contributed by atoms with Crippen LogP contribution in [0.3, 0.4) is 0 Å². The molecule has 1 saturated heterocycles. The van der Waals surface area contributed by atoms with E-state index in [9.17, 15) is 14.4 Å². The first-order chi connectivity index (χ1) is 17.3. The Morgan fingerprint density at radius 3 is 2.56 bits per heavy atom. The number of likely N-dealkylation sites (tertiary alicyclic amines) is 1. The molecule has 1 aromatic heterocycles. The third-order valence-corrected chi connectivity index (χ3v) is 7.53. The Balaban J connectivity index is 1.41. The van der Waals surface area contributed by atoms with Gasteiger partial charge in [0, 0.05) is 61.2 Å². The molecule has 2 aromatic carbocycles. The van der Waals surface area contributed by atoms with Crippen LogP contribution >= 0.6 is 11.6 Å². The van der Waals surface area contributed by atoms with Crippen LogP contribution in [-0.4, -0.2) is 58.5 Å². The number of para-hydroxylation sites is 1. The van der Waals surface area contributed by atoms with E-state index in [1.54, 1.807) is 28.1 Å². The molecule has 188 valence electrons. The Labute approximate surface area is 214 Å². The van der Waals surface area contributed by atoms with Gasteiger partial charge in [-0.3, -0.25) is 14.9 Å². The Bertz CT molecular complexity index is 1340. The Morgan fingerprint density at radius 2 is 1.83 bits per heavy atom. The summed E-state index contributed by atoms with van der Waals surface area (Å²) < 4.78 is 7.61. The van der Waals surface area contributed by atoms with Crippen LogP contribution in [0.25, 0.3) is 10.9 Å². The normalized spacial score (nSPS) is 16.4. The highest BCUT2D eigenvalue weighted by Crippen LogP contribution is 2.43. The summed E-state index contributed by atoms with van der Waals surface area (Å²) in [4.78, 5) is 42.3. The van der Waals surface area contributed by atoms with Crippen LogP contribution in [0.4, 0.5) is 10.5 Å². The number of nitrogens with zero attached hydrogens (tertiary/aromatic N) is 3. The number of carbonyl (C=O) groups is 3. The second kappa shape index (κ2) is 9.50. The highest BCUT2D eigenvalue weighted by atomic mass is 35.5. The summed E-state index contributed by atoms with van der Waals surface area (Å²) in [5.74, 6) is -0.123. The number of likely N-dealkylation sites (N-methyl/N-ethyl adjacent to an activating group) is 1. The molecule has 5 rings (SSSR count). The number of nitrogens with one attached hydrogen (secondary N) is 1. The summed E-state index contributed by atoms with van der Waals surface area (Å²) in [6.07, 6.45) is 2.31. The first-order valence-corrected chi connectivity index (χ1v) is 12.7. The molecule has 1 fully saturated rings. The molecule has 0 aliphatic carbocycles. The first-order valence-electron chi connectivity index (χ1n) is 12.3. The van der Waals surface area contributed by atoms with Crippen molar-refractivity contribution in [3.05, 3.63) is 64.8 Å². The van der Waals surface area contributed by atoms with Crippen molar-refractivity contribution >= 4 is 46.1 Å². The zero-order valence-electron chi connectivity index (χ0n) is 20.4. The average Bonchev–Trinajstić information content (AvgIpc) is 3.22. The molecule has 8 nitrogen and oxygen atoms in total. The summed E-state index contributed by atoms with van der Waals surface area (Å²) in [6, 6.07) is 13.0. The van der Waals surface area contributed by atoms with Crippen LogP contribution in [0.1, 0.15) is 42.6 Å². The van der Waals surface area contributed by atoms with Gasteiger partial charge in [-0.15, -0.1) is 0 Å². The third-order valence-electron chi connectivity index (χ3n) is 7.30. The van der Waals surface area contributed by atoms with Crippen molar-refractivity contribution in [1.29, 1.82) is 0 Å². The van der Waals surface area contributed by atoms with Gasteiger partial charge >= 0.3 is 6.09 Å². The van der Waals surface area contributed by atoms with Crippen molar-refractivity contribution in [3.63, 3.8) is 0 Å². The minimum absolute atomic E-state index is 0.0119. The molecule has 1 N–H and O–H groups in total. The van der Waals surface area contributed by atoms with Gasteiger partial charge in [0.15, 0.2) is 0 Å². The zero-order valence-corrected chi connectivity index (χ0v) is 21.2. The van der Waals surface area contributed by atoms with Gasteiger partial charge in [-0.1, -0.05) is 35.9 Å². The topological polar surface area (TPSA) is 83.9 Å². The largest absolute Gasteiger partial charge is 0.438 e. The summed E-state index contributed by atoms with van der Waals surface area (Å²) in [5, 5.41) is 4.07. The molecule has 3 amide bonds. The van der Waals surface area contributed by atoms with Crippen LogP contribution in [0, 0.1) is 0 Å². The average molecular weight is 509 g/mol. The zero-order chi connectivity index (χ0) is 25.4. The first kappa shape index (κ1) is 24.2. The van der Waals surface area contributed by atoms with Crippen molar-refractivity contribution in [2.45, 2.75) is 38.8 Å². The van der Waals surface area contributed by atoms with E-state index < -0.39 is 11.7 Å². The quantitative estimate of drug-likeness (QED) is 0.533. The van der Waals surface area contributed by atoms with Gasteiger partial charge in [0.25, 0.3) is 5.91 Å². The number of carbonyl (C=O) groups excluding carboxylic acids is 3. The number of hydrogen-bond donors (Lipinski definition) is 1. The Hall–Kier alpha value is -3.52. The van der Waals surface area contributed by atoms with E-state index in [0.29, 0.717) is 49.6 Å². The number of piperidine rings is 1. The minimum atomic E-state index is -0.743. The molecular weight excluding hydrogens is 480 g/mol. The highest BCUT2D eigenvalue weighted by Gasteiger charge is 2.45. The van der Waals surface area contributed by atoms with Crippen LogP contribution in [0.5, 0.6) is 0 Å². The van der Waals surface area contributed by atoms with Crippen LogP contribution in [0.2, 0.25) is 5.02 Å². The molecule has 0 bridgehead atoms. The van der Waals surface area contributed by atoms with E-state index in [1.165, 1.54) is 0 Å². The molecule has 0 radical (unpaired) electrons. The smallest absolute Gasteiger partial charge is 0.412 e. The number of hydrogen-bond acceptors (Lipinski definition) is 4. The van der Waals surface area contributed by atoms with Crippen molar-refractivity contribution in [1.82, 2.24) is 14.4 Å². The minimum Gasteiger partial charge on any atom is -0.438 e. The lowest BCUT2D eigenvalue weighted by molar-refractivity contribution is -0.131. The number of amides is 3. The number of aromatic nitrogens is 1. The van der Waals surface area contributed by atoms with Crippen molar-refractivity contribution in [3.8, 4) is 0 Å². The Kier molecular flexibility index (Phi) is 6.38. The number of anilines is 1. The highest BCUT2D eigenvalue weighted by molar-refractivity contribution is 6.31. The maximum atomic E-state index is 13.7. The fraction of sp³-hybridized carbons (Fsp3) is 0.370. The van der Waals surface area contributed by atoms with Crippen molar-refractivity contribution in [2.24, 2.45) is 0 Å².